The maximum atomic E-state index is 11.7. The van der Waals surface area contributed by atoms with Crippen molar-refractivity contribution in [2.24, 2.45) is 23.5 Å². The van der Waals surface area contributed by atoms with Crippen LogP contribution < -0.4 is 5.73 Å². The molecule has 0 spiro atoms. The number of carbonyl (C=O) groups is 1. The lowest BCUT2D eigenvalue weighted by Crippen LogP contribution is -2.57. The van der Waals surface area contributed by atoms with Gasteiger partial charge in [-0.25, -0.2) is 0 Å². The molecule has 0 radical (unpaired) electrons. The summed E-state index contributed by atoms with van der Waals surface area (Å²) in [6.45, 7) is 0. The van der Waals surface area contributed by atoms with Crippen molar-refractivity contribution in [3.63, 3.8) is 0 Å². The fourth-order valence-corrected chi connectivity index (χ4v) is 4.31. The maximum absolute atomic E-state index is 11.7. The number of carboxylic acids is 1. The Balaban J connectivity index is 1.97. The molecule has 2 saturated carbocycles. The van der Waals surface area contributed by atoms with E-state index in [0.717, 1.165) is 19.3 Å². The minimum atomic E-state index is -1.31. The van der Waals surface area contributed by atoms with E-state index in [2.05, 4.69) is 0 Å². The maximum Gasteiger partial charge on any atom is 0.451 e. The highest BCUT2D eigenvalue weighted by Gasteiger charge is 2.47. The van der Waals surface area contributed by atoms with Crippen molar-refractivity contribution in [3.8, 4) is 0 Å². The van der Waals surface area contributed by atoms with Crippen LogP contribution in [0.4, 0.5) is 0 Å². The van der Waals surface area contributed by atoms with Crippen molar-refractivity contribution in [1.82, 2.24) is 0 Å². The quantitative estimate of drug-likeness (QED) is 0.558. The van der Waals surface area contributed by atoms with Crippen LogP contribution in [0.25, 0.3) is 0 Å². The van der Waals surface area contributed by atoms with E-state index < -0.39 is 18.6 Å². The van der Waals surface area contributed by atoms with E-state index in [0.29, 0.717) is 25.1 Å². The molecule has 120 valence electrons. The lowest BCUT2D eigenvalue weighted by Gasteiger charge is -2.42. The van der Waals surface area contributed by atoms with Crippen LogP contribution in [0.3, 0.4) is 0 Å². The molecular weight excluding hydrogens is 269 g/mol. The van der Waals surface area contributed by atoms with Crippen LogP contribution in [0.1, 0.15) is 57.8 Å². The summed E-state index contributed by atoms with van der Waals surface area (Å²) in [6, 6.07) is 0. The topological polar surface area (TPSA) is 104 Å². The number of nitrogens with two attached hydrogens (primary N) is 1. The average Bonchev–Trinajstić information content (AvgIpc) is 2.92. The lowest BCUT2D eigenvalue weighted by molar-refractivity contribution is -0.148. The molecule has 0 heterocycles. The first-order valence-electron chi connectivity index (χ1n) is 8.30. The number of carboxylic acid groups (broad SMARTS) is 1. The molecule has 0 aromatic heterocycles. The second kappa shape index (κ2) is 7.12. The molecule has 2 rings (SSSR count). The van der Waals surface area contributed by atoms with Gasteiger partial charge in [-0.15, -0.1) is 0 Å². The van der Waals surface area contributed by atoms with E-state index in [9.17, 15) is 9.90 Å². The molecule has 5 nitrogen and oxygen atoms in total. The summed E-state index contributed by atoms with van der Waals surface area (Å²) in [6.07, 6.45) is 9.11. The van der Waals surface area contributed by atoms with Gasteiger partial charge in [0.25, 0.3) is 0 Å². The van der Waals surface area contributed by atoms with Crippen molar-refractivity contribution in [1.29, 1.82) is 0 Å². The Morgan fingerprint density at radius 1 is 1.14 bits per heavy atom. The predicted molar refractivity (Wildman–Crippen MR) is 81.6 cm³/mol. The van der Waals surface area contributed by atoms with Crippen LogP contribution in [-0.2, 0) is 4.79 Å². The Morgan fingerprint density at radius 2 is 1.81 bits per heavy atom. The molecule has 5 N–H and O–H groups in total. The lowest BCUT2D eigenvalue weighted by atomic mass is 9.64. The minimum Gasteiger partial charge on any atom is -0.480 e. The molecule has 2 aliphatic rings. The van der Waals surface area contributed by atoms with Gasteiger partial charge in [-0.1, -0.05) is 38.5 Å². The minimum absolute atomic E-state index is 0.0633. The van der Waals surface area contributed by atoms with E-state index in [1.54, 1.807) is 0 Å². The molecule has 0 aromatic carbocycles. The largest absolute Gasteiger partial charge is 0.480 e. The van der Waals surface area contributed by atoms with Crippen LogP contribution in [-0.4, -0.2) is 33.8 Å². The van der Waals surface area contributed by atoms with Crippen molar-refractivity contribution in [2.45, 2.75) is 69.6 Å². The smallest absolute Gasteiger partial charge is 0.451 e. The predicted octanol–water partition coefficient (Wildman–Crippen LogP) is 1.63. The molecule has 3 atom stereocenters. The van der Waals surface area contributed by atoms with Gasteiger partial charge in [0, 0.05) is 0 Å². The SMILES string of the molecule is N[C@]1(C(=O)O)C[C@H](CCB(O)O)CC[C@H]1CC1CCCC1. The first-order valence-corrected chi connectivity index (χ1v) is 8.30. The molecule has 0 unspecified atom stereocenters. The molecule has 2 aliphatic carbocycles. The van der Waals surface area contributed by atoms with Gasteiger partial charge in [0.05, 0.1) is 0 Å². The Labute approximate surface area is 127 Å². The van der Waals surface area contributed by atoms with Gasteiger partial charge in [-0.3, -0.25) is 4.79 Å². The third kappa shape index (κ3) is 4.21. The Bertz CT molecular complexity index is 360. The third-order valence-corrected chi connectivity index (χ3v) is 5.60. The molecular formula is C15H28BNO4. The normalized spacial score (nSPS) is 34.0. The van der Waals surface area contributed by atoms with E-state index in [1.165, 1.54) is 25.7 Å². The van der Waals surface area contributed by atoms with E-state index in [-0.39, 0.29) is 11.8 Å². The second-order valence-electron chi connectivity index (χ2n) is 7.13. The van der Waals surface area contributed by atoms with Crippen molar-refractivity contribution in [3.05, 3.63) is 0 Å². The molecule has 0 amide bonds. The Morgan fingerprint density at radius 3 is 2.38 bits per heavy atom. The fourth-order valence-electron chi connectivity index (χ4n) is 4.31. The van der Waals surface area contributed by atoms with Gasteiger partial charge in [0.15, 0.2) is 0 Å². The molecule has 6 heteroatoms. The van der Waals surface area contributed by atoms with Gasteiger partial charge in [-0.2, -0.15) is 0 Å². The first kappa shape index (κ1) is 16.8. The van der Waals surface area contributed by atoms with Gasteiger partial charge < -0.3 is 20.9 Å². The van der Waals surface area contributed by atoms with E-state index in [1.807, 2.05) is 0 Å². The third-order valence-electron chi connectivity index (χ3n) is 5.60. The summed E-state index contributed by atoms with van der Waals surface area (Å²) in [5, 5.41) is 27.6. The summed E-state index contributed by atoms with van der Waals surface area (Å²) in [7, 11) is -1.31. The van der Waals surface area contributed by atoms with Crippen molar-refractivity contribution >= 4 is 13.1 Å². The summed E-state index contributed by atoms with van der Waals surface area (Å²) < 4.78 is 0. The summed E-state index contributed by atoms with van der Waals surface area (Å²) in [5.41, 5.74) is 5.16. The molecule has 0 bridgehead atoms. The molecule has 0 aromatic rings. The van der Waals surface area contributed by atoms with Gasteiger partial charge in [0.1, 0.15) is 5.54 Å². The Kier molecular flexibility index (Phi) is 5.69. The number of hydrogen-bond donors (Lipinski definition) is 4. The monoisotopic (exact) mass is 297 g/mol. The zero-order valence-electron chi connectivity index (χ0n) is 12.7. The standard InChI is InChI=1S/C15H28BNO4/c17-15(14(18)19)10-12(7-8-16(20)21)5-6-13(15)9-11-3-1-2-4-11/h11-13,20-21H,1-10,17H2,(H,18,19)/t12-,13-,15+/m0/s1. The summed E-state index contributed by atoms with van der Waals surface area (Å²) >= 11 is 0. The number of hydrogen-bond acceptors (Lipinski definition) is 4. The van der Waals surface area contributed by atoms with E-state index in [4.69, 9.17) is 15.8 Å². The van der Waals surface area contributed by atoms with Crippen molar-refractivity contribution in [2.75, 3.05) is 0 Å². The highest BCUT2D eigenvalue weighted by molar-refractivity contribution is 6.40. The first-order chi connectivity index (χ1) is 9.91. The zero-order valence-corrected chi connectivity index (χ0v) is 12.7. The van der Waals surface area contributed by atoms with Gasteiger partial charge >= 0.3 is 13.1 Å². The second-order valence-corrected chi connectivity index (χ2v) is 7.13. The molecule has 0 saturated heterocycles. The number of aliphatic carboxylic acids is 1. The van der Waals surface area contributed by atoms with E-state index >= 15 is 0 Å². The summed E-state index contributed by atoms with van der Waals surface area (Å²) in [4.78, 5) is 11.7. The average molecular weight is 297 g/mol. The number of rotatable bonds is 6. The zero-order chi connectivity index (χ0) is 15.5. The van der Waals surface area contributed by atoms with Crippen LogP contribution in [0.5, 0.6) is 0 Å². The highest BCUT2D eigenvalue weighted by atomic mass is 16.4. The van der Waals surface area contributed by atoms with Crippen LogP contribution >= 0.6 is 0 Å². The van der Waals surface area contributed by atoms with Crippen molar-refractivity contribution < 1.29 is 19.9 Å². The van der Waals surface area contributed by atoms with Gasteiger partial charge in [-0.05, 0) is 43.3 Å². The van der Waals surface area contributed by atoms with Gasteiger partial charge in [0.2, 0.25) is 0 Å². The molecule has 2 fully saturated rings. The van der Waals surface area contributed by atoms with Crippen LogP contribution in [0.2, 0.25) is 6.32 Å². The molecule has 0 aliphatic heterocycles. The molecule has 21 heavy (non-hydrogen) atoms. The fraction of sp³-hybridized carbons (Fsp3) is 0.933. The van der Waals surface area contributed by atoms with Crippen LogP contribution in [0, 0.1) is 17.8 Å². The Hall–Kier alpha value is -0.585. The van der Waals surface area contributed by atoms with Crippen LogP contribution in [0.15, 0.2) is 0 Å². The highest BCUT2D eigenvalue weighted by Crippen LogP contribution is 2.43. The summed E-state index contributed by atoms with van der Waals surface area (Å²) in [5.74, 6) is 0.00830.